The lowest BCUT2D eigenvalue weighted by atomic mass is 10.1. The minimum absolute atomic E-state index is 0.127. The van der Waals surface area contributed by atoms with Crippen LogP contribution < -0.4 is 10.6 Å². The van der Waals surface area contributed by atoms with Crippen molar-refractivity contribution in [1.82, 2.24) is 4.98 Å². The van der Waals surface area contributed by atoms with Crippen molar-refractivity contribution in [3.8, 4) is 0 Å². The van der Waals surface area contributed by atoms with Gasteiger partial charge >= 0.3 is 0 Å². The Morgan fingerprint density at radius 1 is 1.00 bits per heavy atom. The average molecular weight is 349 g/mol. The monoisotopic (exact) mass is 349 g/mol. The van der Waals surface area contributed by atoms with E-state index in [2.05, 4.69) is 15.6 Å². The molecular formula is C20H19N3O3. The molecule has 1 saturated heterocycles. The van der Waals surface area contributed by atoms with Gasteiger partial charge in [0.2, 0.25) is 0 Å². The highest BCUT2D eigenvalue weighted by Gasteiger charge is 2.23. The quantitative estimate of drug-likeness (QED) is 0.674. The summed E-state index contributed by atoms with van der Waals surface area (Å²) in [4.78, 5) is 27.6. The number of carbonyl (C=O) groups is 2. The zero-order chi connectivity index (χ0) is 17.9. The molecule has 6 nitrogen and oxygen atoms in total. The highest BCUT2D eigenvalue weighted by atomic mass is 16.5. The van der Waals surface area contributed by atoms with Crippen LogP contribution in [0.3, 0.4) is 0 Å². The molecule has 4 rings (SSSR count). The van der Waals surface area contributed by atoms with Crippen LogP contribution in [-0.2, 0) is 9.53 Å². The van der Waals surface area contributed by atoms with Gasteiger partial charge in [0, 0.05) is 35.1 Å². The lowest BCUT2D eigenvalue weighted by molar-refractivity contribution is -0.124. The van der Waals surface area contributed by atoms with Crippen molar-refractivity contribution in [3.05, 3.63) is 60.3 Å². The summed E-state index contributed by atoms with van der Waals surface area (Å²) in [5.74, 6) is -0.309. The molecule has 1 aliphatic rings. The number of amides is 2. The molecule has 0 aliphatic carbocycles. The minimum atomic E-state index is -0.365. The molecular weight excluding hydrogens is 330 g/mol. The van der Waals surface area contributed by atoms with E-state index in [1.807, 2.05) is 24.3 Å². The highest BCUT2D eigenvalue weighted by Crippen LogP contribution is 2.21. The fraction of sp³-hybridized carbons (Fsp3) is 0.200. The molecule has 0 saturated carbocycles. The fourth-order valence-corrected chi connectivity index (χ4v) is 3.10. The maximum absolute atomic E-state index is 12.5. The molecule has 3 N–H and O–H groups in total. The van der Waals surface area contributed by atoms with Gasteiger partial charge in [0.25, 0.3) is 11.8 Å². The second-order valence-corrected chi connectivity index (χ2v) is 6.27. The van der Waals surface area contributed by atoms with E-state index in [0.29, 0.717) is 23.5 Å². The molecule has 1 unspecified atom stereocenters. The number of aromatic amines is 1. The van der Waals surface area contributed by atoms with Crippen LogP contribution in [0, 0.1) is 0 Å². The smallest absolute Gasteiger partial charge is 0.257 e. The number of aromatic nitrogens is 1. The Labute approximate surface area is 150 Å². The maximum Gasteiger partial charge on any atom is 0.257 e. The van der Waals surface area contributed by atoms with Crippen LogP contribution in [0.5, 0.6) is 0 Å². The van der Waals surface area contributed by atoms with E-state index in [1.165, 1.54) is 0 Å². The third kappa shape index (κ3) is 3.32. The van der Waals surface area contributed by atoms with Gasteiger partial charge in [-0.3, -0.25) is 9.59 Å². The van der Waals surface area contributed by atoms with Gasteiger partial charge in [-0.15, -0.1) is 0 Å². The van der Waals surface area contributed by atoms with Crippen LogP contribution in [0.25, 0.3) is 10.9 Å². The summed E-state index contributed by atoms with van der Waals surface area (Å²) in [6.45, 7) is 0.636. The van der Waals surface area contributed by atoms with E-state index in [-0.39, 0.29) is 17.9 Å². The maximum atomic E-state index is 12.5. The molecule has 0 bridgehead atoms. The van der Waals surface area contributed by atoms with Gasteiger partial charge in [-0.1, -0.05) is 18.2 Å². The summed E-state index contributed by atoms with van der Waals surface area (Å²) in [5, 5.41) is 6.59. The first-order chi connectivity index (χ1) is 12.7. The van der Waals surface area contributed by atoms with Crippen LogP contribution >= 0.6 is 0 Å². The van der Waals surface area contributed by atoms with Crippen LogP contribution in [0.15, 0.2) is 54.7 Å². The van der Waals surface area contributed by atoms with Crippen molar-refractivity contribution in [2.24, 2.45) is 0 Å². The van der Waals surface area contributed by atoms with E-state index in [9.17, 15) is 9.59 Å². The standard InChI is InChI=1S/C20H19N3O3/c24-19(16-12-21-17-5-2-1-4-15(16)17)22-13-7-9-14(10-8-13)23-20(25)18-6-3-11-26-18/h1-2,4-5,7-10,12,18,21H,3,6,11H2,(H,22,24)(H,23,25). The zero-order valence-electron chi connectivity index (χ0n) is 14.1. The molecule has 0 spiro atoms. The number of ether oxygens (including phenoxy) is 1. The van der Waals surface area contributed by atoms with Crippen LogP contribution in [0.4, 0.5) is 11.4 Å². The van der Waals surface area contributed by atoms with Gasteiger partial charge in [0.05, 0.1) is 5.56 Å². The molecule has 1 atom stereocenters. The number of hydrogen-bond acceptors (Lipinski definition) is 3. The number of anilines is 2. The SMILES string of the molecule is O=C(Nc1ccc(NC(=O)C2CCCO2)cc1)c1c[nH]c2ccccc12. The number of carbonyl (C=O) groups excluding carboxylic acids is 2. The third-order valence-electron chi connectivity index (χ3n) is 4.47. The normalized spacial score (nSPS) is 16.5. The van der Waals surface area contributed by atoms with E-state index in [1.54, 1.807) is 30.5 Å². The van der Waals surface area contributed by atoms with Gasteiger partial charge in [0.15, 0.2) is 0 Å². The number of para-hydroxylation sites is 1. The number of H-pyrrole nitrogens is 1. The minimum Gasteiger partial charge on any atom is -0.368 e. The second kappa shape index (κ2) is 7.01. The van der Waals surface area contributed by atoms with Gasteiger partial charge in [0.1, 0.15) is 6.10 Å². The number of hydrogen-bond donors (Lipinski definition) is 3. The van der Waals surface area contributed by atoms with Gasteiger partial charge in [-0.2, -0.15) is 0 Å². The zero-order valence-corrected chi connectivity index (χ0v) is 14.1. The summed E-state index contributed by atoms with van der Waals surface area (Å²) in [5.41, 5.74) is 2.85. The summed E-state index contributed by atoms with van der Waals surface area (Å²) < 4.78 is 5.37. The summed E-state index contributed by atoms with van der Waals surface area (Å²) in [7, 11) is 0. The summed E-state index contributed by atoms with van der Waals surface area (Å²) >= 11 is 0. The van der Waals surface area contributed by atoms with Crippen molar-refractivity contribution in [3.63, 3.8) is 0 Å². The first-order valence-corrected chi connectivity index (χ1v) is 8.61. The van der Waals surface area contributed by atoms with E-state index in [4.69, 9.17) is 4.74 Å². The Balaban J connectivity index is 1.42. The molecule has 26 heavy (non-hydrogen) atoms. The molecule has 6 heteroatoms. The molecule has 1 fully saturated rings. The van der Waals surface area contributed by atoms with E-state index in [0.717, 1.165) is 23.7 Å². The van der Waals surface area contributed by atoms with Gasteiger partial charge < -0.3 is 20.4 Å². The lowest BCUT2D eigenvalue weighted by Gasteiger charge is -2.11. The molecule has 1 aliphatic heterocycles. The van der Waals surface area contributed by atoms with Gasteiger partial charge in [-0.05, 0) is 43.2 Å². The van der Waals surface area contributed by atoms with E-state index < -0.39 is 0 Å². The average Bonchev–Trinajstić information content (AvgIpc) is 3.33. The Hall–Kier alpha value is -3.12. The number of fused-ring (bicyclic) bond motifs is 1. The van der Waals surface area contributed by atoms with Crippen LogP contribution in [-0.4, -0.2) is 29.5 Å². The largest absolute Gasteiger partial charge is 0.368 e. The summed E-state index contributed by atoms with van der Waals surface area (Å²) in [6.07, 6.45) is 3.01. The first-order valence-electron chi connectivity index (χ1n) is 8.61. The van der Waals surface area contributed by atoms with Gasteiger partial charge in [-0.25, -0.2) is 0 Å². The van der Waals surface area contributed by atoms with Crippen molar-refractivity contribution >= 4 is 34.1 Å². The predicted molar refractivity (Wildman–Crippen MR) is 100 cm³/mol. The highest BCUT2D eigenvalue weighted by molar-refractivity contribution is 6.12. The second-order valence-electron chi connectivity index (χ2n) is 6.27. The first kappa shape index (κ1) is 16.4. The Morgan fingerprint density at radius 2 is 1.73 bits per heavy atom. The van der Waals surface area contributed by atoms with Crippen molar-refractivity contribution in [2.75, 3.05) is 17.2 Å². The molecule has 132 valence electrons. The number of rotatable bonds is 4. The predicted octanol–water partition coefficient (Wildman–Crippen LogP) is 3.54. The molecule has 3 aromatic rings. The van der Waals surface area contributed by atoms with Crippen molar-refractivity contribution < 1.29 is 14.3 Å². The number of benzene rings is 2. The lowest BCUT2D eigenvalue weighted by Crippen LogP contribution is -2.26. The fourth-order valence-electron chi connectivity index (χ4n) is 3.10. The summed E-state index contributed by atoms with van der Waals surface area (Å²) in [6, 6.07) is 14.7. The van der Waals surface area contributed by atoms with Crippen LogP contribution in [0.1, 0.15) is 23.2 Å². The van der Waals surface area contributed by atoms with Crippen LogP contribution in [0.2, 0.25) is 0 Å². The topological polar surface area (TPSA) is 83.2 Å². The molecule has 2 heterocycles. The van der Waals surface area contributed by atoms with Crippen molar-refractivity contribution in [1.29, 1.82) is 0 Å². The Morgan fingerprint density at radius 3 is 2.46 bits per heavy atom. The van der Waals surface area contributed by atoms with Crippen molar-refractivity contribution in [2.45, 2.75) is 18.9 Å². The molecule has 2 amide bonds. The number of nitrogens with one attached hydrogen (secondary N) is 3. The Kier molecular flexibility index (Phi) is 4.41. The molecule has 2 aromatic carbocycles. The third-order valence-corrected chi connectivity index (χ3v) is 4.47. The molecule has 1 aromatic heterocycles. The van der Waals surface area contributed by atoms with E-state index >= 15 is 0 Å². The Bertz CT molecular complexity index is 940. The molecule has 0 radical (unpaired) electrons.